The maximum absolute atomic E-state index is 10.7. The highest BCUT2D eigenvalue weighted by atomic mass is 16.4. The maximum Gasteiger partial charge on any atom is 0.407 e. The number of nitrogens with zero attached hydrogens (tertiary/aromatic N) is 1. The van der Waals surface area contributed by atoms with Gasteiger partial charge in [0.15, 0.2) is 0 Å². The molecule has 2 unspecified atom stereocenters. The van der Waals surface area contributed by atoms with Gasteiger partial charge in [0, 0.05) is 25.2 Å². The van der Waals surface area contributed by atoms with Crippen molar-refractivity contribution < 1.29 is 9.90 Å². The van der Waals surface area contributed by atoms with Crippen molar-refractivity contribution in [1.29, 1.82) is 0 Å². The molecule has 0 aromatic rings. The lowest BCUT2D eigenvalue weighted by Crippen LogP contribution is -2.48. The van der Waals surface area contributed by atoms with Crippen molar-refractivity contribution in [2.75, 3.05) is 7.05 Å². The van der Waals surface area contributed by atoms with Crippen LogP contribution in [0.5, 0.6) is 0 Å². The van der Waals surface area contributed by atoms with Crippen molar-refractivity contribution in [2.24, 2.45) is 0 Å². The molecule has 2 fully saturated rings. The van der Waals surface area contributed by atoms with Crippen LogP contribution < -0.4 is 5.32 Å². The smallest absolute Gasteiger partial charge is 0.407 e. The first kappa shape index (κ1) is 8.81. The van der Waals surface area contributed by atoms with Gasteiger partial charge in [-0.15, -0.1) is 0 Å². The largest absolute Gasteiger partial charge is 0.465 e. The molecular weight excluding hydrogens is 168 g/mol. The van der Waals surface area contributed by atoms with E-state index in [9.17, 15) is 4.79 Å². The minimum Gasteiger partial charge on any atom is -0.465 e. The fraction of sp³-hybridized carbons (Fsp3) is 0.889. The Morgan fingerprint density at radius 2 is 1.92 bits per heavy atom. The minimum absolute atomic E-state index is 0.233. The molecule has 0 spiro atoms. The van der Waals surface area contributed by atoms with Gasteiger partial charge >= 0.3 is 6.09 Å². The topological polar surface area (TPSA) is 52.6 Å². The van der Waals surface area contributed by atoms with Crippen LogP contribution in [-0.4, -0.2) is 41.3 Å². The van der Waals surface area contributed by atoms with E-state index in [0.717, 1.165) is 12.8 Å². The van der Waals surface area contributed by atoms with Crippen LogP contribution in [0.1, 0.15) is 25.7 Å². The van der Waals surface area contributed by atoms with Crippen LogP contribution in [0.2, 0.25) is 0 Å². The van der Waals surface area contributed by atoms with Crippen LogP contribution in [0.4, 0.5) is 4.79 Å². The van der Waals surface area contributed by atoms with E-state index in [1.54, 1.807) is 7.05 Å². The number of fused-ring (bicyclic) bond motifs is 2. The summed E-state index contributed by atoms with van der Waals surface area (Å²) in [6, 6.07) is 1.35. The zero-order chi connectivity index (χ0) is 9.42. The minimum atomic E-state index is -0.800. The molecule has 2 N–H and O–H groups in total. The molecule has 74 valence electrons. The van der Waals surface area contributed by atoms with Crippen LogP contribution >= 0.6 is 0 Å². The number of rotatable bonds is 1. The third kappa shape index (κ3) is 1.63. The van der Waals surface area contributed by atoms with E-state index in [0.29, 0.717) is 12.1 Å². The maximum atomic E-state index is 10.7. The average molecular weight is 184 g/mol. The molecule has 2 heterocycles. The molecule has 0 saturated carbocycles. The second kappa shape index (κ2) is 3.18. The van der Waals surface area contributed by atoms with Crippen LogP contribution in [-0.2, 0) is 0 Å². The van der Waals surface area contributed by atoms with Crippen molar-refractivity contribution in [2.45, 2.75) is 43.8 Å². The van der Waals surface area contributed by atoms with E-state index >= 15 is 0 Å². The Kier molecular flexibility index (Phi) is 2.15. The normalized spacial score (nSPS) is 37.5. The summed E-state index contributed by atoms with van der Waals surface area (Å²) in [7, 11) is 1.68. The SMILES string of the molecule is CN(C(=O)O)C1CC2CCC(C1)N2. The second-order valence-corrected chi connectivity index (χ2v) is 4.16. The third-order valence-electron chi connectivity index (χ3n) is 3.30. The summed E-state index contributed by atoms with van der Waals surface area (Å²) in [5.41, 5.74) is 0. The van der Waals surface area contributed by atoms with Gasteiger partial charge in [-0.25, -0.2) is 4.79 Å². The van der Waals surface area contributed by atoms with Gasteiger partial charge in [0.1, 0.15) is 0 Å². The molecule has 4 heteroatoms. The van der Waals surface area contributed by atoms with Gasteiger partial charge in [-0.05, 0) is 25.7 Å². The third-order valence-corrected chi connectivity index (χ3v) is 3.30. The van der Waals surface area contributed by atoms with Crippen LogP contribution in [0, 0.1) is 0 Å². The lowest BCUT2D eigenvalue weighted by atomic mass is 9.99. The fourth-order valence-electron chi connectivity index (χ4n) is 2.50. The first-order valence-corrected chi connectivity index (χ1v) is 4.88. The quantitative estimate of drug-likeness (QED) is 0.636. The molecule has 0 aromatic heterocycles. The van der Waals surface area contributed by atoms with E-state index in [1.165, 1.54) is 17.7 Å². The van der Waals surface area contributed by atoms with Crippen molar-refractivity contribution in [3.05, 3.63) is 0 Å². The first-order chi connectivity index (χ1) is 6.16. The van der Waals surface area contributed by atoms with Gasteiger partial charge in [-0.2, -0.15) is 0 Å². The Morgan fingerprint density at radius 3 is 2.38 bits per heavy atom. The van der Waals surface area contributed by atoms with Crippen molar-refractivity contribution >= 4 is 6.09 Å². The fourth-order valence-corrected chi connectivity index (χ4v) is 2.50. The highest BCUT2D eigenvalue weighted by Crippen LogP contribution is 2.29. The van der Waals surface area contributed by atoms with Crippen LogP contribution in [0.25, 0.3) is 0 Å². The number of piperidine rings is 1. The molecule has 2 atom stereocenters. The number of carboxylic acid groups (broad SMARTS) is 1. The summed E-state index contributed by atoms with van der Waals surface area (Å²) in [5, 5.41) is 12.3. The number of carbonyl (C=O) groups is 1. The van der Waals surface area contributed by atoms with Gasteiger partial charge in [0.2, 0.25) is 0 Å². The van der Waals surface area contributed by atoms with Gasteiger partial charge < -0.3 is 15.3 Å². The molecule has 0 aliphatic carbocycles. The molecule has 2 rings (SSSR count). The van der Waals surface area contributed by atoms with Gasteiger partial charge in [0.05, 0.1) is 0 Å². The predicted octanol–water partition coefficient (Wildman–Crippen LogP) is 0.879. The highest BCUT2D eigenvalue weighted by Gasteiger charge is 2.36. The monoisotopic (exact) mass is 184 g/mol. The number of hydrogen-bond donors (Lipinski definition) is 2. The molecule has 2 bridgehead atoms. The Morgan fingerprint density at radius 1 is 1.38 bits per heavy atom. The molecule has 2 aliphatic heterocycles. The number of nitrogens with one attached hydrogen (secondary N) is 1. The van der Waals surface area contributed by atoms with Gasteiger partial charge in [-0.3, -0.25) is 0 Å². The van der Waals surface area contributed by atoms with Crippen molar-refractivity contribution in [1.82, 2.24) is 10.2 Å². The van der Waals surface area contributed by atoms with Crippen molar-refractivity contribution in [3.8, 4) is 0 Å². The lowest BCUT2D eigenvalue weighted by molar-refractivity contribution is 0.121. The summed E-state index contributed by atoms with van der Waals surface area (Å²) in [6.45, 7) is 0. The Balaban J connectivity index is 1.98. The zero-order valence-corrected chi connectivity index (χ0v) is 7.86. The Bertz CT molecular complexity index is 208. The van der Waals surface area contributed by atoms with E-state index in [2.05, 4.69) is 5.32 Å². The standard InChI is InChI=1S/C9H16N2O2/c1-11(9(12)13)8-4-6-2-3-7(5-8)10-6/h6-8,10H,2-5H2,1H3,(H,12,13). The highest BCUT2D eigenvalue weighted by molar-refractivity contribution is 5.65. The molecule has 4 nitrogen and oxygen atoms in total. The van der Waals surface area contributed by atoms with Crippen LogP contribution in [0.3, 0.4) is 0 Å². The summed E-state index contributed by atoms with van der Waals surface area (Å²) in [6.07, 6.45) is 3.60. The lowest BCUT2D eigenvalue weighted by Gasteiger charge is -2.33. The van der Waals surface area contributed by atoms with Gasteiger partial charge in [0.25, 0.3) is 0 Å². The van der Waals surface area contributed by atoms with Crippen molar-refractivity contribution in [3.63, 3.8) is 0 Å². The molecule has 0 aromatic carbocycles. The number of amides is 1. The molecular formula is C9H16N2O2. The molecule has 0 radical (unpaired) electrons. The predicted molar refractivity (Wildman–Crippen MR) is 48.8 cm³/mol. The summed E-state index contributed by atoms with van der Waals surface area (Å²) in [5.74, 6) is 0. The second-order valence-electron chi connectivity index (χ2n) is 4.16. The van der Waals surface area contributed by atoms with Gasteiger partial charge in [-0.1, -0.05) is 0 Å². The Labute approximate surface area is 77.9 Å². The van der Waals surface area contributed by atoms with E-state index in [4.69, 9.17) is 5.11 Å². The number of hydrogen-bond acceptors (Lipinski definition) is 2. The Hall–Kier alpha value is -0.770. The van der Waals surface area contributed by atoms with E-state index in [-0.39, 0.29) is 6.04 Å². The summed E-state index contributed by atoms with van der Waals surface area (Å²) < 4.78 is 0. The molecule has 2 saturated heterocycles. The van der Waals surface area contributed by atoms with Crippen LogP contribution in [0.15, 0.2) is 0 Å². The zero-order valence-electron chi connectivity index (χ0n) is 7.86. The van der Waals surface area contributed by atoms with E-state index < -0.39 is 6.09 Å². The summed E-state index contributed by atoms with van der Waals surface area (Å²) in [4.78, 5) is 12.2. The van der Waals surface area contributed by atoms with E-state index in [1.807, 2.05) is 0 Å². The average Bonchev–Trinajstić information content (AvgIpc) is 2.44. The molecule has 1 amide bonds. The molecule has 13 heavy (non-hydrogen) atoms. The summed E-state index contributed by atoms with van der Waals surface area (Å²) >= 11 is 0. The molecule has 2 aliphatic rings. The first-order valence-electron chi connectivity index (χ1n) is 4.88.